The van der Waals surface area contributed by atoms with Crippen LogP contribution in [-0.4, -0.2) is 5.75 Å². The molecule has 0 bridgehead atoms. The van der Waals surface area contributed by atoms with E-state index in [4.69, 9.17) is 4.28 Å². The van der Waals surface area contributed by atoms with E-state index in [9.17, 15) is 0 Å². The Morgan fingerprint density at radius 1 is 1.75 bits per heavy atom. The first-order chi connectivity index (χ1) is 3.77. The van der Waals surface area contributed by atoms with E-state index in [2.05, 4.69) is 23.5 Å². The highest BCUT2D eigenvalue weighted by molar-refractivity contribution is 8.87. The summed E-state index contributed by atoms with van der Waals surface area (Å²) in [6.45, 7) is 2.17. The second kappa shape index (κ2) is 2.47. The van der Waals surface area contributed by atoms with Crippen molar-refractivity contribution in [1.82, 2.24) is 4.89 Å². The van der Waals surface area contributed by atoms with Gasteiger partial charge in [0, 0.05) is 15.3 Å². The molecule has 1 heterocycles. The largest absolute Gasteiger partial charge is 0.217 e. The summed E-state index contributed by atoms with van der Waals surface area (Å²) in [7, 11) is -0.992. The molecule has 1 N–H and O–H groups in total. The van der Waals surface area contributed by atoms with Gasteiger partial charge in [0.05, 0.1) is 0 Å². The summed E-state index contributed by atoms with van der Waals surface area (Å²) in [5, 5.41) is 0. The summed E-state index contributed by atoms with van der Waals surface area (Å²) >= 11 is 4.25. The number of hydrogen-bond acceptors (Lipinski definition) is 3. The fourth-order valence-electron chi connectivity index (χ4n) is 0.463. The predicted molar refractivity (Wildman–Crippen MR) is 40.6 cm³/mol. The first kappa shape index (κ1) is 6.74. The van der Waals surface area contributed by atoms with Crippen molar-refractivity contribution in [2.24, 2.45) is 0 Å². The number of rotatable bonds is 3. The Morgan fingerprint density at radius 2 is 2.38 bits per heavy atom. The average Bonchev–Trinajstić information content (AvgIpc) is 2.45. The first-order valence-corrected chi connectivity index (χ1v) is 5.53. The molecular weight excluding hydrogens is 142 g/mol. The number of thiol groups is 1. The van der Waals surface area contributed by atoms with Crippen LogP contribution in [0.15, 0.2) is 0 Å². The van der Waals surface area contributed by atoms with Crippen molar-refractivity contribution in [2.75, 3.05) is 5.75 Å². The minimum atomic E-state index is -0.992. The lowest BCUT2D eigenvalue weighted by Gasteiger charge is -2.01. The van der Waals surface area contributed by atoms with Gasteiger partial charge in [-0.05, 0) is 6.42 Å². The normalized spacial score (nSPS) is 43.2. The van der Waals surface area contributed by atoms with Gasteiger partial charge < -0.3 is 0 Å². The quantitative estimate of drug-likeness (QED) is 0.368. The maximum atomic E-state index is 4.90. The fourth-order valence-corrected chi connectivity index (χ4v) is 2.28. The Kier molecular flexibility index (Phi) is 2.08. The van der Waals surface area contributed by atoms with Crippen LogP contribution < -0.4 is 4.89 Å². The smallest absolute Gasteiger partial charge is 0.0245 e. The Morgan fingerprint density at radius 3 is 2.75 bits per heavy atom. The zero-order chi connectivity index (χ0) is 6.04. The Bertz CT molecular complexity index is 84.1. The number of nitrogens with one attached hydrogen (secondary N) is 1. The number of unbranched alkanes of at least 4 members (excludes halogenated alkanes) is 1. The lowest BCUT2D eigenvalue weighted by atomic mass is 10.4. The van der Waals surface area contributed by atoms with Crippen LogP contribution in [0.25, 0.3) is 0 Å². The van der Waals surface area contributed by atoms with E-state index in [0.29, 0.717) is 0 Å². The summed E-state index contributed by atoms with van der Waals surface area (Å²) in [5.41, 5.74) is 0. The molecule has 1 aliphatic rings. The zero-order valence-corrected chi connectivity index (χ0v) is 6.60. The van der Waals surface area contributed by atoms with Gasteiger partial charge in [0.15, 0.2) is 0 Å². The van der Waals surface area contributed by atoms with E-state index in [1.807, 2.05) is 0 Å². The molecule has 1 unspecified atom stereocenters. The molecule has 1 saturated heterocycles. The van der Waals surface area contributed by atoms with Crippen LogP contribution in [0.1, 0.15) is 19.8 Å². The molecule has 1 fully saturated rings. The molecule has 0 spiro atoms. The van der Waals surface area contributed by atoms with Gasteiger partial charge in [-0.15, -0.1) is 4.89 Å². The molecular formula is C4H11NOS2. The average molecular weight is 153 g/mol. The molecule has 0 radical (unpaired) electrons. The monoisotopic (exact) mass is 153 g/mol. The van der Waals surface area contributed by atoms with E-state index < -0.39 is 9.53 Å². The van der Waals surface area contributed by atoms with Crippen molar-refractivity contribution in [3.05, 3.63) is 0 Å². The summed E-state index contributed by atoms with van der Waals surface area (Å²) in [6.07, 6.45) is 2.44. The van der Waals surface area contributed by atoms with Crippen LogP contribution in [0.4, 0.5) is 0 Å². The summed E-state index contributed by atoms with van der Waals surface area (Å²) < 4.78 is 4.90. The molecule has 1 rings (SSSR count). The Hall–Kier alpha value is 0.620. The standard InChI is InChI=1S/C4H11NOS2/c1-2-3-4-8(7)5-6-8/h5,7H,2-4H2,1H3. The van der Waals surface area contributed by atoms with Gasteiger partial charge in [0.1, 0.15) is 0 Å². The lowest BCUT2D eigenvalue weighted by molar-refractivity contribution is 0.469. The lowest BCUT2D eigenvalue weighted by Crippen LogP contribution is -1.83. The van der Waals surface area contributed by atoms with Crippen LogP contribution in [-0.2, 0) is 4.28 Å². The van der Waals surface area contributed by atoms with E-state index in [1.54, 1.807) is 0 Å². The van der Waals surface area contributed by atoms with Crippen molar-refractivity contribution in [3.8, 4) is 0 Å². The Balaban J connectivity index is 2.01. The van der Waals surface area contributed by atoms with Gasteiger partial charge in [0.25, 0.3) is 0 Å². The number of hydrogen-bond donors (Lipinski definition) is 2. The zero-order valence-electron chi connectivity index (χ0n) is 4.89. The molecule has 0 aliphatic carbocycles. The van der Waals surface area contributed by atoms with Gasteiger partial charge in [-0.1, -0.05) is 25.0 Å². The molecule has 0 aromatic carbocycles. The highest BCUT2D eigenvalue weighted by Crippen LogP contribution is 2.61. The van der Waals surface area contributed by atoms with Crippen LogP contribution >= 0.6 is 21.2 Å². The van der Waals surface area contributed by atoms with Crippen LogP contribution in [0.5, 0.6) is 0 Å². The molecule has 0 aromatic rings. The highest BCUT2D eigenvalue weighted by Gasteiger charge is 2.33. The van der Waals surface area contributed by atoms with Gasteiger partial charge in [-0.3, -0.25) is 0 Å². The van der Waals surface area contributed by atoms with Crippen molar-refractivity contribution in [3.63, 3.8) is 0 Å². The highest BCUT2D eigenvalue weighted by atomic mass is 33.2. The van der Waals surface area contributed by atoms with Crippen molar-refractivity contribution >= 4 is 21.2 Å². The third-order valence-corrected chi connectivity index (χ3v) is 3.44. The SMILES string of the molecule is CCCCS1(S)NO1. The molecule has 0 amide bonds. The second-order valence-corrected chi connectivity index (χ2v) is 5.66. The predicted octanol–water partition coefficient (Wildman–Crippen LogP) is 1.80. The van der Waals surface area contributed by atoms with Crippen molar-refractivity contribution in [1.29, 1.82) is 0 Å². The summed E-state index contributed by atoms with van der Waals surface area (Å²) in [4.78, 5) is 2.79. The summed E-state index contributed by atoms with van der Waals surface area (Å²) in [5.74, 6) is 1.09. The molecule has 50 valence electrons. The van der Waals surface area contributed by atoms with E-state index in [1.165, 1.54) is 12.8 Å². The van der Waals surface area contributed by atoms with E-state index in [-0.39, 0.29) is 0 Å². The first-order valence-electron chi connectivity index (χ1n) is 2.75. The van der Waals surface area contributed by atoms with Gasteiger partial charge in [-0.2, -0.15) is 0 Å². The van der Waals surface area contributed by atoms with E-state index in [0.717, 1.165) is 5.75 Å². The van der Waals surface area contributed by atoms with Gasteiger partial charge >= 0.3 is 0 Å². The van der Waals surface area contributed by atoms with E-state index >= 15 is 0 Å². The Labute approximate surface area is 56.4 Å². The third kappa shape index (κ3) is 1.85. The minimum absolute atomic E-state index is 0.992. The minimum Gasteiger partial charge on any atom is -0.217 e. The van der Waals surface area contributed by atoms with Crippen molar-refractivity contribution in [2.45, 2.75) is 19.8 Å². The van der Waals surface area contributed by atoms with Crippen LogP contribution in [0.2, 0.25) is 0 Å². The molecule has 8 heavy (non-hydrogen) atoms. The third-order valence-electron chi connectivity index (χ3n) is 1.05. The second-order valence-electron chi connectivity index (χ2n) is 1.86. The molecule has 1 atom stereocenters. The molecule has 2 nitrogen and oxygen atoms in total. The van der Waals surface area contributed by atoms with Crippen molar-refractivity contribution < 1.29 is 4.28 Å². The molecule has 1 aliphatic heterocycles. The van der Waals surface area contributed by atoms with Gasteiger partial charge in [0.2, 0.25) is 0 Å². The van der Waals surface area contributed by atoms with Gasteiger partial charge in [-0.25, -0.2) is 4.28 Å². The van der Waals surface area contributed by atoms with Crippen LogP contribution in [0.3, 0.4) is 0 Å². The molecule has 4 heteroatoms. The molecule has 0 aromatic heterocycles. The summed E-state index contributed by atoms with van der Waals surface area (Å²) in [6, 6.07) is 0. The topological polar surface area (TPSA) is 34.5 Å². The fraction of sp³-hybridized carbons (Fsp3) is 1.00. The maximum Gasteiger partial charge on any atom is 0.0245 e. The van der Waals surface area contributed by atoms with Crippen LogP contribution in [0, 0.1) is 0 Å². The molecule has 0 saturated carbocycles. The maximum absolute atomic E-state index is 4.90.